The Kier molecular flexibility index (Phi) is 11.4. The second-order valence-corrected chi connectivity index (χ2v) is 15.5. The zero-order valence-electron chi connectivity index (χ0n) is 31.4. The van der Waals surface area contributed by atoms with Crippen LogP contribution in [0.4, 0.5) is 33.6 Å². The van der Waals surface area contributed by atoms with E-state index in [0.717, 1.165) is 10.6 Å². The number of hydrogen-bond acceptors (Lipinski definition) is 10. The Morgan fingerprint density at radius 1 is 0.764 bits per heavy atom. The summed E-state index contributed by atoms with van der Waals surface area (Å²) in [7, 11) is 0. The van der Waals surface area contributed by atoms with E-state index in [4.69, 9.17) is 9.05 Å². The van der Waals surface area contributed by atoms with Gasteiger partial charge in [-0.05, 0) is 38.0 Å². The highest BCUT2D eigenvalue weighted by molar-refractivity contribution is 6.05. The van der Waals surface area contributed by atoms with E-state index in [9.17, 15) is 41.1 Å². The van der Waals surface area contributed by atoms with Crippen molar-refractivity contribution in [1.82, 2.24) is 20.3 Å². The minimum absolute atomic E-state index is 0.0395. The molecule has 0 aliphatic carbocycles. The maximum atomic E-state index is 14.3. The summed E-state index contributed by atoms with van der Waals surface area (Å²) in [4.78, 5) is 59.8. The van der Waals surface area contributed by atoms with Gasteiger partial charge in [0.25, 0.3) is 0 Å². The second-order valence-electron chi connectivity index (χ2n) is 15.5. The van der Waals surface area contributed by atoms with Gasteiger partial charge in [0.05, 0.1) is 47.6 Å². The second kappa shape index (κ2) is 15.4. The number of Topliss-reactive ketones (excluding diaryl/α,β-unsaturated/α-hetero) is 2. The first kappa shape index (κ1) is 40.8. The van der Waals surface area contributed by atoms with Crippen LogP contribution in [0.5, 0.6) is 0 Å². The number of pyridine rings is 2. The highest BCUT2D eigenvalue weighted by atomic mass is 19.4. The van der Waals surface area contributed by atoms with Crippen molar-refractivity contribution < 1.29 is 50.2 Å². The van der Waals surface area contributed by atoms with Crippen molar-refractivity contribution in [2.75, 3.05) is 9.80 Å². The molecule has 0 radical (unpaired) electrons. The normalized spacial score (nSPS) is 17.8. The van der Waals surface area contributed by atoms with Gasteiger partial charge in [-0.2, -0.15) is 13.2 Å². The molecule has 2 aliphatic rings. The van der Waals surface area contributed by atoms with Gasteiger partial charge in [-0.3, -0.25) is 29.0 Å². The van der Waals surface area contributed by atoms with E-state index >= 15 is 0 Å². The number of anilines is 2. The van der Waals surface area contributed by atoms with E-state index in [0.29, 0.717) is 35.6 Å². The minimum Gasteiger partial charge on any atom is -0.361 e. The van der Waals surface area contributed by atoms with Crippen LogP contribution in [-0.2, 0) is 49.0 Å². The first-order chi connectivity index (χ1) is 25.5. The summed E-state index contributed by atoms with van der Waals surface area (Å²) in [5.74, 6) is -2.63. The van der Waals surface area contributed by atoms with Crippen LogP contribution in [0.1, 0.15) is 101 Å². The minimum atomic E-state index is -4.77. The lowest BCUT2D eigenvalue weighted by molar-refractivity contribution is -0.138. The van der Waals surface area contributed by atoms with E-state index in [2.05, 4.69) is 20.3 Å². The van der Waals surface area contributed by atoms with Crippen LogP contribution in [0.15, 0.2) is 45.6 Å². The van der Waals surface area contributed by atoms with Crippen molar-refractivity contribution in [1.29, 1.82) is 0 Å². The Morgan fingerprint density at radius 3 is 1.69 bits per heavy atom. The van der Waals surface area contributed by atoms with Gasteiger partial charge in [0.2, 0.25) is 11.8 Å². The number of halogens is 5. The van der Waals surface area contributed by atoms with Crippen LogP contribution < -0.4 is 9.80 Å². The zero-order chi connectivity index (χ0) is 40.6. The summed E-state index contributed by atoms with van der Waals surface area (Å²) in [6, 6.07) is 4.71. The van der Waals surface area contributed by atoms with Gasteiger partial charge in [-0.1, -0.05) is 51.9 Å². The first-order valence-corrected chi connectivity index (χ1v) is 17.5. The molecule has 0 saturated carbocycles. The Labute approximate surface area is 313 Å². The number of hydrogen-bond donors (Lipinski definition) is 0. The third-order valence-corrected chi connectivity index (χ3v) is 9.15. The van der Waals surface area contributed by atoms with Gasteiger partial charge in [0.1, 0.15) is 23.2 Å². The van der Waals surface area contributed by atoms with Crippen molar-refractivity contribution in [3.05, 3.63) is 82.3 Å². The monoisotopic (exact) mass is 772 g/mol. The van der Waals surface area contributed by atoms with Crippen LogP contribution in [0.3, 0.4) is 0 Å². The lowest BCUT2D eigenvalue weighted by Gasteiger charge is -2.23. The van der Waals surface area contributed by atoms with E-state index in [1.165, 1.54) is 24.0 Å². The van der Waals surface area contributed by atoms with Gasteiger partial charge >= 0.3 is 6.18 Å². The third kappa shape index (κ3) is 9.31. The molecule has 12 nitrogen and oxygen atoms in total. The molecule has 2 amide bonds. The van der Waals surface area contributed by atoms with Gasteiger partial charge in [-0.15, -0.1) is 0 Å². The van der Waals surface area contributed by atoms with Crippen LogP contribution >= 0.6 is 0 Å². The van der Waals surface area contributed by atoms with Crippen molar-refractivity contribution >= 4 is 35.0 Å². The smallest absolute Gasteiger partial charge is 0.361 e. The van der Waals surface area contributed by atoms with Gasteiger partial charge in [-0.25, -0.2) is 18.7 Å². The molecule has 2 fully saturated rings. The Bertz CT molecular complexity index is 2100. The molecule has 55 heavy (non-hydrogen) atoms. The average molecular weight is 773 g/mol. The summed E-state index contributed by atoms with van der Waals surface area (Å²) < 4.78 is 76.4. The number of aromatic nitrogens is 4. The quantitative estimate of drug-likeness (QED) is 0.172. The maximum absolute atomic E-state index is 14.3. The van der Waals surface area contributed by atoms with Crippen LogP contribution in [-0.4, -0.2) is 55.7 Å². The summed E-state index contributed by atoms with van der Waals surface area (Å²) in [6.45, 7) is 13.3. The third-order valence-electron chi connectivity index (χ3n) is 9.15. The molecule has 2 aliphatic heterocycles. The summed E-state index contributed by atoms with van der Waals surface area (Å²) in [5.41, 5.74) is -0.114. The van der Waals surface area contributed by atoms with Crippen molar-refractivity contribution in [2.24, 2.45) is 0 Å². The summed E-state index contributed by atoms with van der Waals surface area (Å²) in [6.07, 6.45) is -3.71. The van der Waals surface area contributed by atoms with Crippen LogP contribution in [0.25, 0.3) is 0 Å². The number of aryl methyl sites for hydroxylation is 1. The molecule has 17 heteroatoms. The number of ketones is 2. The highest BCUT2D eigenvalue weighted by Gasteiger charge is 2.41. The lowest BCUT2D eigenvalue weighted by Crippen LogP contribution is -2.40. The van der Waals surface area contributed by atoms with Crippen LogP contribution in [0.2, 0.25) is 0 Å². The number of nitrogens with zero attached hydrogens (tertiary/aromatic N) is 6. The number of carbonyl (C=O) groups is 4. The van der Waals surface area contributed by atoms with E-state index in [-0.39, 0.29) is 66.4 Å². The fourth-order valence-corrected chi connectivity index (χ4v) is 6.04. The van der Waals surface area contributed by atoms with Crippen LogP contribution in [0, 0.1) is 18.6 Å². The fraction of sp³-hybridized carbons (Fsp3) is 0.474. The molecule has 2 saturated heterocycles. The fourth-order valence-electron chi connectivity index (χ4n) is 6.04. The van der Waals surface area contributed by atoms with Gasteiger partial charge < -0.3 is 9.05 Å². The maximum Gasteiger partial charge on any atom is 0.417 e. The molecule has 6 heterocycles. The molecular weight excluding hydrogens is 731 g/mol. The molecule has 2 atom stereocenters. The largest absolute Gasteiger partial charge is 0.417 e. The van der Waals surface area contributed by atoms with E-state index in [1.807, 2.05) is 41.5 Å². The lowest BCUT2D eigenvalue weighted by atomic mass is 9.92. The standard InChI is InChI=1S/C19H19F4N3O3.C19H22FN3O3/c1-18(2,3)15-8-11(29-25-15)7-14(27)13-4-5-16(28)26(13)17-12(20)6-10(9-24-17)19(21,22)23;1-11-13(20)5-7-17(21-11)23-14(6-8-18(23)25)15(24)9-12-10-16(22-26-12)19(2,3)4/h6,8-9,13H,4-5,7H2,1-3H3;5,7,10,14H,6,8-9H2,1-4H3/t13-;14-/m00/s1. The van der Waals surface area contributed by atoms with Crippen molar-refractivity contribution in [3.63, 3.8) is 0 Å². The topological polar surface area (TPSA) is 153 Å². The highest BCUT2D eigenvalue weighted by Crippen LogP contribution is 2.34. The molecule has 4 aromatic rings. The van der Waals surface area contributed by atoms with Crippen molar-refractivity contribution in [2.45, 2.75) is 116 Å². The van der Waals surface area contributed by atoms with E-state index in [1.54, 1.807) is 12.1 Å². The molecule has 0 N–H and O–H groups in total. The molecule has 294 valence electrons. The molecule has 6 rings (SSSR count). The Hall–Kier alpha value is -5.35. The summed E-state index contributed by atoms with van der Waals surface area (Å²) >= 11 is 0. The zero-order valence-corrected chi connectivity index (χ0v) is 31.4. The predicted molar refractivity (Wildman–Crippen MR) is 187 cm³/mol. The number of rotatable bonds is 8. The predicted octanol–water partition coefficient (Wildman–Crippen LogP) is 6.95. The summed E-state index contributed by atoms with van der Waals surface area (Å²) in [5, 5.41) is 7.94. The average Bonchev–Trinajstić information content (AvgIpc) is 3.89. The number of alkyl halides is 3. The molecule has 0 unspecified atom stereocenters. The Morgan fingerprint density at radius 2 is 1.25 bits per heavy atom. The molecule has 0 spiro atoms. The molecule has 0 aromatic carbocycles. The Balaban J connectivity index is 0.000000212. The van der Waals surface area contributed by atoms with Crippen molar-refractivity contribution in [3.8, 4) is 0 Å². The first-order valence-electron chi connectivity index (χ1n) is 17.5. The molecular formula is C38H41F5N6O6. The molecule has 0 bridgehead atoms. The van der Waals surface area contributed by atoms with Gasteiger partial charge in [0.15, 0.2) is 23.2 Å². The number of carbonyl (C=O) groups excluding carboxylic acids is 4. The van der Waals surface area contributed by atoms with E-state index < -0.39 is 53.0 Å². The van der Waals surface area contributed by atoms with Gasteiger partial charge in [0, 0.05) is 42.0 Å². The molecule has 4 aromatic heterocycles. The number of amides is 2. The SMILES string of the molecule is CC(C)(C)c1cc(CC(=O)[C@@H]2CCC(=O)N2c2ncc(C(F)(F)F)cc2F)on1.Cc1nc(N2C(=O)CC[C@H]2C(=O)Cc2cc(C(C)(C)C)no2)ccc1F.